The van der Waals surface area contributed by atoms with E-state index in [1.807, 2.05) is 18.2 Å². The molecule has 1 atom stereocenters. The lowest BCUT2D eigenvalue weighted by molar-refractivity contribution is 0.413. The molecule has 2 aromatic rings. The van der Waals surface area contributed by atoms with E-state index >= 15 is 0 Å². The molecule has 0 heterocycles. The molecule has 0 saturated carbocycles. The molecule has 0 radical (unpaired) electrons. The van der Waals surface area contributed by atoms with Crippen molar-refractivity contribution in [1.29, 1.82) is 0 Å². The Bertz CT molecular complexity index is 619. The fourth-order valence-electron chi connectivity index (χ4n) is 1.96. The molecule has 20 heavy (non-hydrogen) atoms. The largest absolute Gasteiger partial charge is 0.497 e. The first-order valence-electron chi connectivity index (χ1n) is 6.04. The lowest BCUT2D eigenvalue weighted by Gasteiger charge is -2.15. The third-order valence-corrected chi connectivity index (χ3v) is 4.37. The van der Waals surface area contributed by atoms with Crippen molar-refractivity contribution in [1.82, 2.24) is 0 Å². The molecule has 106 valence electrons. The summed E-state index contributed by atoms with van der Waals surface area (Å²) in [5.74, 6) is 0.490. The zero-order chi connectivity index (χ0) is 14.7. The molecule has 0 aromatic heterocycles. The third kappa shape index (κ3) is 3.59. The number of hydrogen-bond donors (Lipinski definition) is 1. The van der Waals surface area contributed by atoms with Gasteiger partial charge in [0.25, 0.3) is 0 Å². The molecular formula is C15H14Br2FNO. The van der Waals surface area contributed by atoms with Crippen molar-refractivity contribution in [3.8, 4) is 5.75 Å². The number of methoxy groups -OCH3 is 1. The lowest BCUT2D eigenvalue weighted by Crippen LogP contribution is -2.14. The standard InChI is InChI=1S/C15H14Br2FNO/c1-20-10-3-4-12(16)11(8-10)15(19)7-9-2-5-14(18)13(17)6-9/h2-6,8,15H,7,19H2,1H3. The maximum Gasteiger partial charge on any atom is 0.137 e. The maximum atomic E-state index is 13.2. The molecule has 0 spiro atoms. The first-order chi connectivity index (χ1) is 9.51. The molecule has 2 N–H and O–H groups in total. The van der Waals surface area contributed by atoms with Crippen molar-refractivity contribution < 1.29 is 9.13 Å². The average Bonchev–Trinajstić information content (AvgIpc) is 2.43. The van der Waals surface area contributed by atoms with E-state index in [9.17, 15) is 4.39 Å². The third-order valence-electron chi connectivity index (χ3n) is 3.04. The van der Waals surface area contributed by atoms with E-state index in [4.69, 9.17) is 10.5 Å². The number of ether oxygens (including phenoxy) is 1. The van der Waals surface area contributed by atoms with Crippen molar-refractivity contribution >= 4 is 31.9 Å². The van der Waals surface area contributed by atoms with Crippen LogP contribution in [-0.2, 0) is 6.42 Å². The average molecular weight is 403 g/mol. The minimum Gasteiger partial charge on any atom is -0.497 e. The van der Waals surface area contributed by atoms with Crippen LogP contribution in [0.15, 0.2) is 45.3 Å². The SMILES string of the molecule is COc1ccc(Br)c(C(N)Cc2ccc(F)c(Br)c2)c1. The Balaban J connectivity index is 2.23. The Hall–Kier alpha value is -0.910. The Morgan fingerprint density at radius 2 is 1.90 bits per heavy atom. The highest BCUT2D eigenvalue weighted by molar-refractivity contribution is 9.10. The first kappa shape index (κ1) is 15.5. The summed E-state index contributed by atoms with van der Waals surface area (Å²) in [6, 6.07) is 10.4. The van der Waals surface area contributed by atoms with Crippen molar-refractivity contribution in [3.05, 3.63) is 62.3 Å². The quantitative estimate of drug-likeness (QED) is 0.810. The number of rotatable bonds is 4. The number of hydrogen-bond acceptors (Lipinski definition) is 2. The molecule has 0 aliphatic carbocycles. The Morgan fingerprint density at radius 3 is 2.55 bits per heavy atom. The van der Waals surface area contributed by atoms with Crippen LogP contribution < -0.4 is 10.5 Å². The summed E-state index contributed by atoms with van der Waals surface area (Å²) in [5, 5.41) is 0. The van der Waals surface area contributed by atoms with E-state index in [0.717, 1.165) is 21.3 Å². The van der Waals surface area contributed by atoms with Gasteiger partial charge in [0.05, 0.1) is 11.6 Å². The van der Waals surface area contributed by atoms with Crippen LogP contribution in [-0.4, -0.2) is 7.11 Å². The first-order valence-corrected chi connectivity index (χ1v) is 7.63. The van der Waals surface area contributed by atoms with Gasteiger partial charge in [-0.2, -0.15) is 0 Å². The molecule has 2 rings (SSSR count). The summed E-state index contributed by atoms with van der Waals surface area (Å²) >= 11 is 6.68. The van der Waals surface area contributed by atoms with Crippen LogP contribution in [0.25, 0.3) is 0 Å². The van der Waals surface area contributed by atoms with Crippen molar-refractivity contribution in [2.24, 2.45) is 5.73 Å². The summed E-state index contributed by atoms with van der Waals surface area (Å²) in [5.41, 5.74) is 8.18. The van der Waals surface area contributed by atoms with Crippen LogP contribution in [0.3, 0.4) is 0 Å². The van der Waals surface area contributed by atoms with E-state index in [-0.39, 0.29) is 11.9 Å². The fourth-order valence-corrected chi connectivity index (χ4v) is 2.93. The van der Waals surface area contributed by atoms with Gasteiger partial charge in [-0.15, -0.1) is 0 Å². The van der Waals surface area contributed by atoms with Gasteiger partial charge in [0.2, 0.25) is 0 Å². The minimum absolute atomic E-state index is 0.197. The summed E-state index contributed by atoms with van der Waals surface area (Å²) in [7, 11) is 1.62. The van der Waals surface area contributed by atoms with Crippen LogP contribution in [0.1, 0.15) is 17.2 Å². The molecule has 1 unspecified atom stereocenters. The molecule has 0 aliphatic heterocycles. The Morgan fingerprint density at radius 1 is 1.15 bits per heavy atom. The van der Waals surface area contributed by atoms with E-state index < -0.39 is 0 Å². The highest BCUT2D eigenvalue weighted by atomic mass is 79.9. The zero-order valence-electron chi connectivity index (χ0n) is 10.9. The Kier molecular flexibility index (Phi) is 5.18. The molecule has 5 heteroatoms. The minimum atomic E-state index is -0.273. The highest BCUT2D eigenvalue weighted by Gasteiger charge is 2.13. The van der Waals surface area contributed by atoms with Crippen molar-refractivity contribution in [2.45, 2.75) is 12.5 Å². The second-order valence-corrected chi connectivity index (χ2v) is 6.16. The molecule has 2 nitrogen and oxygen atoms in total. The van der Waals surface area contributed by atoms with E-state index in [2.05, 4.69) is 31.9 Å². The summed E-state index contributed by atoms with van der Waals surface area (Å²) in [6.45, 7) is 0. The summed E-state index contributed by atoms with van der Waals surface area (Å²) in [6.07, 6.45) is 0.616. The van der Waals surface area contributed by atoms with Crippen LogP contribution in [0, 0.1) is 5.82 Å². The molecule has 0 amide bonds. The van der Waals surface area contributed by atoms with E-state index in [1.54, 1.807) is 19.2 Å². The van der Waals surface area contributed by atoms with Gasteiger partial charge in [-0.05, 0) is 63.8 Å². The van der Waals surface area contributed by atoms with E-state index in [0.29, 0.717) is 10.9 Å². The second kappa shape index (κ2) is 6.70. The monoisotopic (exact) mass is 401 g/mol. The number of benzene rings is 2. The van der Waals surface area contributed by atoms with Gasteiger partial charge in [-0.1, -0.05) is 22.0 Å². The van der Waals surface area contributed by atoms with Gasteiger partial charge >= 0.3 is 0 Å². The lowest BCUT2D eigenvalue weighted by atomic mass is 9.99. The highest BCUT2D eigenvalue weighted by Crippen LogP contribution is 2.29. The smallest absolute Gasteiger partial charge is 0.137 e. The number of nitrogens with two attached hydrogens (primary N) is 1. The van der Waals surface area contributed by atoms with Crippen LogP contribution in [0.2, 0.25) is 0 Å². The topological polar surface area (TPSA) is 35.2 Å². The molecular weight excluding hydrogens is 389 g/mol. The molecule has 0 saturated heterocycles. The summed E-state index contributed by atoms with van der Waals surface area (Å²) in [4.78, 5) is 0. The molecule has 0 aliphatic rings. The maximum absolute atomic E-state index is 13.2. The fraction of sp³-hybridized carbons (Fsp3) is 0.200. The molecule has 2 aromatic carbocycles. The zero-order valence-corrected chi connectivity index (χ0v) is 14.0. The van der Waals surface area contributed by atoms with Crippen molar-refractivity contribution in [2.75, 3.05) is 7.11 Å². The van der Waals surface area contributed by atoms with Gasteiger partial charge in [0.15, 0.2) is 0 Å². The van der Waals surface area contributed by atoms with Crippen LogP contribution in [0.4, 0.5) is 4.39 Å². The van der Waals surface area contributed by atoms with Crippen LogP contribution >= 0.6 is 31.9 Å². The molecule has 0 bridgehead atoms. The predicted molar refractivity (Wildman–Crippen MR) is 85.4 cm³/mol. The van der Waals surface area contributed by atoms with E-state index in [1.165, 1.54) is 6.07 Å². The second-order valence-electron chi connectivity index (χ2n) is 4.45. The number of halogens is 3. The Labute approximate surface area is 134 Å². The molecule has 0 fully saturated rings. The van der Waals surface area contributed by atoms with Gasteiger partial charge < -0.3 is 10.5 Å². The van der Waals surface area contributed by atoms with Crippen LogP contribution in [0.5, 0.6) is 5.75 Å². The predicted octanol–water partition coefficient (Wildman–Crippen LogP) is 4.60. The van der Waals surface area contributed by atoms with Gasteiger partial charge in [-0.25, -0.2) is 4.39 Å². The van der Waals surface area contributed by atoms with Gasteiger partial charge in [-0.3, -0.25) is 0 Å². The summed E-state index contributed by atoms with van der Waals surface area (Å²) < 4.78 is 19.8. The normalized spacial score (nSPS) is 12.2. The van der Waals surface area contributed by atoms with Gasteiger partial charge in [0, 0.05) is 10.5 Å². The van der Waals surface area contributed by atoms with Gasteiger partial charge in [0.1, 0.15) is 11.6 Å². The van der Waals surface area contributed by atoms with Crippen molar-refractivity contribution in [3.63, 3.8) is 0 Å².